The summed E-state index contributed by atoms with van der Waals surface area (Å²) in [5.41, 5.74) is 5.96. The second kappa shape index (κ2) is 13.5. The lowest BCUT2D eigenvalue weighted by Gasteiger charge is -2.22. The molecule has 0 aromatic heterocycles. The summed E-state index contributed by atoms with van der Waals surface area (Å²) in [5, 5.41) is 26.6. The minimum atomic E-state index is -4.99. The van der Waals surface area contributed by atoms with Crippen molar-refractivity contribution in [3.63, 3.8) is 0 Å². The maximum absolute atomic E-state index is 14.1. The largest absolute Gasteiger partial charge is 0.497 e. The van der Waals surface area contributed by atoms with Crippen molar-refractivity contribution in [3.05, 3.63) is 83.1 Å². The number of nitrogens with one attached hydrogen (secondary N) is 4. The van der Waals surface area contributed by atoms with Crippen molar-refractivity contribution in [1.29, 1.82) is 10.9 Å². The summed E-state index contributed by atoms with van der Waals surface area (Å²) >= 11 is 0. The number of aliphatic hydroxyl groups is 1. The van der Waals surface area contributed by atoms with E-state index < -0.39 is 35.6 Å². The van der Waals surface area contributed by atoms with Gasteiger partial charge in [-0.15, -0.1) is 0 Å². The van der Waals surface area contributed by atoms with Gasteiger partial charge in [0.15, 0.2) is 0 Å². The van der Waals surface area contributed by atoms with Crippen molar-refractivity contribution in [2.45, 2.75) is 38.8 Å². The number of benzene rings is 2. The van der Waals surface area contributed by atoms with E-state index in [0.717, 1.165) is 17.7 Å². The lowest BCUT2D eigenvalue weighted by atomic mass is 10.1. The maximum Gasteiger partial charge on any atom is 0.432 e. The van der Waals surface area contributed by atoms with Gasteiger partial charge in [-0.3, -0.25) is 5.41 Å². The first-order chi connectivity index (χ1) is 17.5. The lowest BCUT2D eigenvalue weighted by Crippen LogP contribution is -2.26. The molecule has 0 saturated carbocycles. The zero-order valence-corrected chi connectivity index (χ0v) is 20.5. The minimum absolute atomic E-state index is 0.136. The second-order valence-electron chi connectivity index (χ2n) is 7.81. The molecule has 200 valence electrons. The number of hydrogen-bond acceptors (Lipinski definition) is 8. The van der Waals surface area contributed by atoms with Gasteiger partial charge in [0.25, 0.3) is 0 Å². The standard InChI is InChI=1S/C25H29F4N5O3/c1-4-32-13-22(34-31)24(35)21(12-23(30)25(27,28)29)33-20-10-7-17(26)11-19(20)15(2)37-14-16-5-8-18(36-3)9-6-16/h5-13,15,24,30-33,35H,4,14H2,1-3H3/b21-12-,22-13-,30-23?,34-31?/t15-,24?/m1/s1. The molecule has 0 aliphatic carbocycles. The van der Waals surface area contributed by atoms with Crippen LogP contribution in [0.25, 0.3) is 0 Å². The van der Waals surface area contributed by atoms with Gasteiger partial charge in [0, 0.05) is 24.0 Å². The molecule has 2 rings (SSSR count). The Balaban J connectivity index is 2.39. The monoisotopic (exact) mass is 523 g/mol. The van der Waals surface area contributed by atoms with E-state index in [9.17, 15) is 22.7 Å². The first-order valence-corrected chi connectivity index (χ1v) is 11.2. The summed E-state index contributed by atoms with van der Waals surface area (Å²) in [4.78, 5) is 0. The fourth-order valence-electron chi connectivity index (χ4n) is 3.13. The third-order valence-electron chi connectivity index (χ3n) is 5.15. The minimum Gasteiger partial charge on any atom is -0.497 e. The molecule has 0 aliphatic heterocycles. The molecule has 0 amide bonds. The van der Waals surface area contributed by atoms with Gasteiger partial charge >= 0.3 is 6.18 Å². The van der Waals surface area contributed by atoms with Crippen molar-refractivity contribution >= 4 is 11.4 Å². The summed E-state index contributed by atoms with van der Waals surface area (Å²) in [5.74, 6) is 0.0566. The van der Waals surface area contributed by atoms with Crippen LogP contribution in [0.5, 0.6) is 5.75 Å². The van der Waals surface area contributed by atoms with E-state index in [1.165, 1.54) is 12.3 Å². The number of halogens is 4. The molecule has 0 radical (unpaired) electrons. The van der Waals surface area contributed by atoms with Crippen LogP contribution in [0.15, 0.2) is 71.2 Å². The van der Waals surface area contributed by atoms with Gasteiger partial charge in [-0.1, -0.05) is 12.1 Å². The molecular formula is C25H29F4N5O3. The summed E-state index contributed by atoms with van der Waals surface area (Å²) in [7, 11) is 1.54. The van der Waals surface area contributed by atoms with E-state index in [4.69, 9.17) is 20.4 Å². The molecule has 1 unspecified atom stereocenters. The predicted molar refractivity (Wildman–Crippen MR) is 131 cm³/mol. The van der Waals surface area contributed by atoms with Crippen LogP contribution in [0.2, 0.25) is 0 Å². The maximum atomic E-state index is 14.1. The summed E-state index contributed by atoms with van der Waals surface area (Å²) in [6.45, 7) is 3.92. The van der Waals surface area contributed by atoms with Gasteiger partial charge in [-0.2, -0.15) is 18.3 Å². The zero-order chi connectivity index (χ0) is 27.6. The third-order valence-corrected chi connectivity index (χ3v) is 5.15. The molecule has 0 aliphatic rings. The number of nitrogens with zero attached hydrogens (tertiary/aromatic N) is 1. The average molecular weight is 524 g/mol. The van der Waals surface area contributed by atoms with Gasteiger partial charge in [-0.05, 0) is 55.8 Å². The van der Waals surface area contributed by atoms with Gasteiger partial charge in [0.2, 0.25) is 0 Å². The second-order valence-corrected chi connectivity index (χ2v) is 7.81. The van der Waals surface area contributed by atoms with E-state index in [2.05, 4.69) is 15.7 Å². The van der Waals surface area contributed by atoms with Gasteiger partial charge in [-0.25, -0.2) is 9.92 Å². The zero-order valence-electron chi connectivity index (χ0n) is 20.5. The van der Waals surface area contributed by atoms with Crippen LogP contribution in [0.3, 0.4) is 0 Å². The van der Waals surface area contributed by atoms with Crippen LogP contribution >= 0.6 is 0 Å². The molecular weight excluding hydrogens is 494 g/mol. The molecule has 2 aromatic rings. The molecule has 0 heterocycles. The van der Waals surface area contributed by atoms with Gasteiger partial charge in [0.05, 0.1) is 25.5 Å². The number of anilines is 1. The Morgan fingerprint density at radius 1 is 1.19 bits per heavy atom. The highest BCUT2D eigenvalue weighted by Gasteiger charge is 2.34. The van der Waals surface area contributed by atoms with E-state index in [1.54, 1.807) is 45.2 Å². The highest BCUT2D eigenvalue weighted by atomic mass is 19.4. The molecule has 0 spiro atoms. The van der Waals surface area contributed by atoms with Crippen LogP contribution in [0.1, 0.15) is 31.1 Å². The molecule has 0 saturated heterocycles. The van der Waals surface area contributed by atoms with Crippen LogP contribution in [0.4, 0.5) is 23.2 Å². The highest BCUT2D eigenvalue weighted by Crippen LogP contribution is 2.30. The van der Waals surface area contributed by atoms with Crippen molar-refractivity contribution < 1.29 is 32.1 Å². The van der Waals surface area contributed by atoms with Gasteiger partial charge < -0.3 is 25.2 Å². The molecule has 0 bridgehead atoms. The summed E-state index contributed by atoms with van der Waals surface area (Å²) in [6.07, 6.45) is -5.97. The van der Waals surface area contributed by atoms with Crippen molar-refractivity contribution in [2.24, 2.45) is 5.11 Å². The van der Waals surface area contributed by atoms with E-state index in [0.29, 0.717) is 18.4 Å². The molecule has 37 heavy (non-hydrogen) atoms. The summed E-state index contributed by atoms with van der Waals surface area (Å²) in [6, 6.07) is 10.6. The molecule has 2 atom stereocenters. The highest BCUT2D eigenvalue weighted by molar-refractivity contribution is 5.98. The SMILES string of the molecule is CCN/C=C(\N=N)C(O)/C(=C/C(=N)C(F)(F)F)Nc1ccc(F)cc1[C@@H](C)OCc1ccc(OC)cc1. The Labute approximate surface area is 212 Å². The number of rotatable bonds is 13. The average Bonchev–Trinajstić information content (AvgIpc) is 2.87. The molecule has 8 nitrogen and oxygen atoms in total. The molecule has 0 fully saturated rings. The summed E-state index contributed by atoms with van der Waals surface area (Å²) < 4.78 is 64.5. The topological polar surface area (TPSA) is 123 Å². The third kappa shape index (κ3) is 8.69. The first kappa shape index (κ1) is 29.5. The number of allylic oxidation sites excluding steroid dienone is 1. The number of alkyl halides is 3. The number of aliphatic hydroxyl groups excluding tert-OH is 1. The van der Waals surface area contributed by atoms with Crippen LogP contribution in [0, 0.1) is 16.8 Å². The number of ether oxygens (including phenoxy) is 2. The Hall–Kier alpha value is -3.77. The Morgan fingerprint density at radius 3 is 2.43 bits per heavy atom. The predicted octanol–water partition coefficient (Wildman–Crippen LogP) is 5.83. The Bertz CT molecular complexity index is 1130. The van der Waals surface area contributed by atoms with Crippen LogP contribution in [-0.2, 0) is 11.3 Å². The lowest BCUT2D eigenvalue weighted by molar-refractivity contribution is -0.0584. The smallest absolute Gasteiger partial charge is 0.432 e. The normalized spacial score (nSPS) is 14.1. The molecule has 12 heteroatoms. The van der Waals surface area contributed by atoms with Crippen LogP contribution < -0.4 is 15.4 Å². The van der Waals surface area contributed by atoms with Crippen LogP contribution in [-0.4, -0.2) is 36.8 Å². The Kier molecular flexibility index (Phi) is 10.8. The van der Waals surface area contributed by atoms with Crippen molar-refractivity contribution in [3.8, 4) is 5.75 Å². The van der Waals surface area contributed by atoms with E-state index >= 15 is 0 Å². The van der Waals surface area contributed by atoms with Crippen molar-refractivity contribution in [2.75, 3.05) is 19.0 Å². The number of hydrogen-bond donors (Lipinski definition) is 5. The molecule has 2 aromatic carbocycles. The number of methoxy groups -OCH3 is 1. The van der Waals surface area contributed by atoms with E-state index in [1.807, 2.05) is 0 Å². The fourth-order valence-corrected chi connectivity index (χ4v) is 3.13. The van der Waals surface area contributed by atoms with E-state index in [-0.39, 0.29) is 23.6 Å². The quantitative estimate of drug-likeness (QED) is 0.128. The first-order valence-electron chi connectivity index (χ1n) is 11.2. The van der Waals surface area contributed by atoms with Gasteiger partial charge in [0.1, 0.15) is 29.1 Å². The molecule has 5 N–H and O–H groups in total. The Morgan fingerprint density at radius 2 is 1.86 bits per heavy atom. The fraction of sp³-hybridized carbons (Fsp3) is 0.320. The van der Waals surface area contributed by atoms with Crippen molar-refractivity contribution in [1.82, 2.24) is 5.32 Å².